The van der Waals surface area contributed by atoms with Crippen LogP contribution >= 0.6 is 23.5 Å². The Morgan fingerprint density at radius 3 is 2.73 bits per heavy atom. The summed E-state index contributed by atoms with van der Waals surface area (Å²) in [6, 6.07) is 0. The molecule has 3 rings (SSSR count). The van der Waals surface area contributed by atoms with E-state index < -0.39 is 11.9 Å². The van der Waals surface area contributed by atoms with Gasteiger partial charge in [0.1, 0.15) is 5.03 Å². The number of carbonyl (C=O) groups excluding carboxylic acids is 1. The number of aromatic nitrogens is 2. The average Bonchev–Trinajstić information content (AvgIpc) is 3.19. The Bertz CT molecular complexity index is 584. The fourth-order valence-electron chi connectivity index (χ4n) is 3.73. The molecule has 0 spiro atoms. The number of carbonyl (C=O) groups is 2. The molecule has 2 aliphatic heterocycles. The van der Waals surface area contributed by atoms with Crippen LogP contribution in [-0.2, 0) is 9.59 Å². The molecule has 1 aromatic heterocycles. The van der Waals surface area contributed by atoms with Crippen molar-refractivity contribution >= 4 is 35.4 Å². The van der Waals surface area contributed by atoms with Gasteiger partial charge in [-0.05, 0) is 25.0 Å². The molecule has 0 amide bonds. The third-order valence-electron chi connectivity index (χ3n) is 4.98. The fraction of sp³-hybridized carbons (Fsp3) is 0.765. The van der Waals surface area contributed by atoms with Gasteiger partial charge in [0.25, 0.3) is 0 Å². The number of carboxylic acid groups (broad SMARTS) is 2. The van der Waals surface area contributed by atoms with Crippen molar-refractivity contribution in [3.8, 4) is 0 Å². The second-order valence-corrected chi connectivity index (χ2v) is 8.49. The molecular weight excluding hydrogens is 374 g/mol. The van der Waals surface area contributed by atoms with Crippen molar-refractivity contribution < 1.29 is 24.7 Å². The molecule has 1 aromatic rings. The fourth-order valence-corrected chi connectivity index (χ4v) is 5.50. The summed E-state index contributed by atoms with van der Waals surface area (Å²) < 4.78 is 9.25. The van der Waals surface area contributed by atoms with Crippen molar-refractivity contribution in [2.75, 3.05) is 25.4 Å². The Morgan fingerprint density at radius 1 is 1.31 bits per heavy atom. The van der Waals surface area contributed by atoms with Gasteiger partial charge in [0.15, 0.2) is 5.97 Å². The van der Waals surface area contributed by atoms with Crippen molar-refractivity contribution in [2.24, 2.45) is 5.92 Å². The monoisotopic (exact) mass is 401 g/mol. The third kappa shape index (κ3) is 6.21. The molecule has 0 aromatic carbocycles. The number of carboxylic acids is 2. The molecule has 0 aliphatic carbocycles. The van der Waals surface area contributed by atoms with E-state index in [4.69, 9.17) is 19.8 Å². The summed E-state index contributed by atoms with van der Waals surface area (Å²) in [6.07, 6.45) is 8.18. The molecule has 0 radical (unpaired) electrons. The molecule has 146 valence electrons. The van der Waals surface area contributed by atoms with E-state index in [0.717, 1.165) is 5.92 Å². The van der Waals surface area contributed by atoms with Crippen molar-refractivity contribution in [2.45, 2.75) is 56.4 Å². The molecule has 2 saturated heterocycles. The van der Waals surface area contributed by atoms with Crippen LogP contribution in [0, 0.1) is 5.92 Å². The molecule has 3 atom stereocenters. The second-order valence-electron chi connectivity index (χ2n) is 6.87. The Morgan fingerprint density at radius 2 is 2.08 bits per heavy atom. The molecular formula is C17H27N3O4S2. The number of rotatable bonds is 7. The lowest BCUT2D eigenvalue weighted by Crippen LogP contribution is -3.11. The predicted molar refractivity (Wildman–Crippen MR) is 98.4 cm³/mol. The molecule has 2 fully saturated rings. The van der Waals surface area contributed by atoms with E-state index >= 15 is 0 Å². The summed E-state index contributed by atoms with van der Waals surface area (Å²) in [7, 11) is 0. The number of nitrogens with zero attached hydrogens (tertiary/aromatic N) is 2. The van der Waals surface area contributed by atoms with Gasteiger partial charge in [-0.1, -0.05) is 26.2 Å². The first kappa shape index (κ1) is 21.1. The van der Waals surface area contributed by atoms with Gasteiger partial charge >= 0.3 is 5.97 Å². The molecule has 26 heavy (non-hydrogen) atoms. The molecule has 9 heteroatoms. The minimum absolute atomic E-state index is 0.699. The Hall–Kier alpha value is -1.19. The number of nitrogens with one attached hydrogen (secondary N) is 1. The standard InChI is InChI=1S/C15H25N3S2.C2H2O4/c1-2-3-4-5-9-19-15-14(16-20-17-15)13-11-18-8-6-7-12(13)10-18;3-1(4)2(5)6/h12-13H,2-11H2,1H3;(H,3,4)(H,5,6)/t12-,13-;/m0./s1. The topological polar surface area (TPSA) is 108 Å². The van der Waals surface area contributed by atoms with Gasteiger partial charge < -0.3 is 19.9 Å². The Balaban J connectivity index is 0.000000352. The lowest BCUT2D eigenvalue weighted by atomic mass is 9.89. The van der Waals surface area contributed by atoms with Gasteiger partial charge in [0.2, 0.25) is 0 Å². The van der Waals surface area contributed by atoms with E-state index in [1.165, 1.54) is 86.4 Å². The maximum atomic E-state index is 9.04. The molecule has 2 aliphatic rings. The minimum atomic E-state index is -2.07. The highest BCUT2D eigenvalue weighted by Gasteiger charge is 2.42. The number of unbranched alkanes of at least 4 members (excludes halogenated alkanes) is 3. The number of aliphatic carboxylic acids is 2. The zero-order valence-electron chi connectivity index (χ0n) is 15.1. The number of quaternary nitrogens is 1. The first-order valence-electron chi connectivity index (χ1n) is 9.26. The second kappa shape index (κ2) is 10.8. The molecule has 2 N–H and O–H groups in total. The van der Waals surface area contributed by atoms with Gasteiger partial charge in [0, 0.05) is 5.92 Å². The van der Waals surface area contributed by atoms with E-state index in [9.17, 15) is 0 Å². The van der Waals surface area contributed by atoms with Gasteiger partial charge in [0.05, 0.1) is 43.0 Å². The predicted octanol–water partition coefficient (Wildman–Crippen LogP) is 0.424. The minimum Gasteiger partial charge on any atom is -0.539 e. The Labute approximate surface area is 162 Å². The van der Waals surface area contributed by atoms with Crippen LogP contribution in [0.15, 0.2) is 5.03 Å². The van der Waals surface area contributed by atoms with Crippen molar-refractivity contribution in [1.82, 2.24) is 8.75 Å². The molecule has 2 bridgehead atoms. The molecule has 3 heterocycles. The summed E-state index contributed by atoms with van der Waals surface area (Å²) in [5.41, 5.74) is 1.34. The average molecular weight is 402 g/mol. The lowest BCUT2D eigenvalue weighted by molar-refractivity contribution is -0.893. The third-order valence-corrected chi connectivity index (χ3v) is 6.70. The first-order valence-corrected chi connectivity index (χ1v) is 11.0. The number of thioether (sulfide) groups is 1. The number of fused-ring (bicyclic) bond motifs is 2. The van der Waals surface area contributed by atoms with E-state index in [2.05, 4.69) is 15.7 Å². The van der Waals surface area contributed by atoms with Gasteiger partial charge in [-0.15, -0.1) is 11.8 Å². The van der Waals surface area contributed by atoms with Gasteiger partial charge in [-0.25, -0.2) is 4.79 Å². The van der Waals surface area contributed by atoms with Crippen LogP contribution in [0.3, 0.4) is 0 Å². The normalized spacial score (nSPS) is 24.0. The van der Waals surface area contributed by atoms with E-state index in [0.29, 0.717) is 5.92 Å². The molecule has 7 nitrogen and oxygen atoms in total. The zero-order chi connectivity index (χ0) is 18.9. The molecule has 1 unspecified atom stereocenters. The summed E-state index contributed by atoms with van der Waals surface area (Å²) in [5.74, 6) is -1.22. The van der Waals surface area contributed by atoms with Crippen molar-refractivity contribution in [3.05, 3.63) is 5.69 Å². The van der Waals surface area contributed by atoms with Crippen LogP contribution in [0.1, 0.15) is 57.1 Å². The van der Waals surface area contributed by atoms with Gasteiger partial charge in [-0.2, -0.15) is 8.75 Å². The van der Waals surface area contributed by atoms with E-state index in [1.807, 2.05) is 11.8 Å². The lowest BCUT2D eigenvalue weighted by Gasteiger charge is -2.18. The Kier molecular flexibility index (Phi) is 8.80. The highest BCUT2D eigenvalue weighted by atomic mass is 32.2. The number of hydrogen-bond acceptors (Lipinski definition) is 7. The van der Waals surface area contributed by atoms with Crippen LogP contribution in [0.2, 0.25) is 0 Å². The van der Waals surface area contributed by atoms with Crippen molar-refractivity contribution in [1.29, 1.82) is 0 Å². The summed E-state index contributed by atoms with van der Waals surface area (Å²) in [6.45, 7) is 6.33. The summed E-state index contributed by atoms with van der Waals surface area (Å²) >= 11 is 3.38. The van der Waals surface area contributed by atoms with Crippen LogP contribution < -0.4 is 10.0 Å². The smallest absolute Gasteiger partial charge is 0.351 e. The van der Waals surface area contributed by atoms with Gasteiger partial charge in [-0.3, -0.25) is 0 Å². The van der Waals surface area contributed by atoms with Crippen molar-refractivity contribution in [3.63, 3.8) is 0 Å². The largest absolute Gasteiger partial charge is 0.539 e. The van der Waals surface area contributed by atoms with Crippen LogP contribution in [0.4, 0.5) is 0 Å². The van der Waals surface area contributed by atoms with Crippen LogP contribution in [-0.4, -0.2) is 51.2 Å². The maximum Gasteiger partial charge on any atom is 0.351 e. The SMILES string of the molecule is CCCCCCSc1nsnc1[C@H]1C[NH+]2CCC[C@H]1C2.O=C([O-])C(=O)O. The highest BCUT2D eigenvalue weighted by Crippen LogP contribution is 2.35. The summed E-state index contributed by atoms with van der Waals surface area (Å²) in [5, 5.41) is 17.6. The molecule has 0 saturated carbocycles. The maximum absolute atomic E-state index is 9.04. The first-order chi connectivity index (χ1) is 12.5. The van der Waals surface area contributed by atoms with Crippen LogP contribution in [0.25, 0.3) is 0 Å². The van der Waals surface area contributed by atoms with Crippen LogP contribution in [0.5, 0.6) is 0 Å². The quantitative estimate of drug-likeness (QED) is 0.387. The summed E-state index contributed by atoms with van der Waals surface area (Å²) in [4.78, 5) is 19.8. The van der Waals surface area contributed by atoms with E-state index in [1.54, 1.807) is 4.90 Å². The highest BCUT2D eigenvalue weighted by molar-refractivity contribution is 7.99. The number of piperidine rings is 1. The van der Waals surface area contributed by atoms with E-state index in [-0.39, 0.29) is 0 Å². The number of hydrogen-bond donors (Lipinski definition) is 2. The zero-order valence-corrected chi connectivity index (χ0v) is 16.7.